The lowest BCUT2D eigenvalue weighted by atomic mass is 10.3. The summed E-state index contributed by atoms with van der Waals surface area (Å²) in [5, 5.41) is 3.19. The van der Waals surface area contributed by atoms with E-state index in [9.17, 15) is 4.79 Å². The van der Waals surface area contributed by atoms with Crippen molar-refractivity contribution >= 4 is 23.3 Å². The van der Waals surface area contributed by atoms with E-state index in [1.165, 1.54) is 6.33 Å². The van der Waals surface area contributed by atoms with Gasteiger partial charge in [-0.1, -0.05) is 17.7 Å². The Hall–Kier alpha value is -2.93. The number of anilines is 1. The second kappa shape index (κ2) is 6.89. The van der Waals surface area contributed by atoms with Gasteiger partial charge in [-0.05, 0) is 18.2 Å². The van der Waals surface area contributed by atoms with Crippen LogP contribution in [0.3, 0.4) is 0 Å². The first kappa shape index (κ1) is 15.0. The maximum atomic E-state index is 11.9. The summed E-state index contributed by atoms with van der Waals surface area (Å²) >= 11 is 5.85. The summed E-state index contributed by atoms with van der Waals surface area (Å²) in [4.78, 5) is 24.0. The van der Waals surface area contributed by atoms with E-state index in [2.05, 4.69) is 20.3 Å². The molecule has 2 aromatic heterocycles. The molecule has 0 fully saturated rings. The summed E-state index contributed by atoms with van der Waals surface area (Å²) in [6, 6.07) is 8.47. The number of nitrogens with zero attached hydrogens (tertiary/aromatic N) is 4. The number of nitrogens with one attached hydrogen (secondary N) is 1. The number of carbonyl (C=O) groups is 1. The van der Waals surface area contributed by atoms with Gasteiger partial charge in [0.25, 0.3) is 5.91 Å². The van der Waals surface area contributed by atoms with Crippen LogP contribution >= 0.6 is 11.6 Å². The van der Waals surface area contributed by atoms with Gasteiger partial charge in [0.2, 0.25) is 0 Å². The van der Waals surface area contributed by atoms with Crippen molar-refractivity contribution in [1.29, 1.82) is 0 Å². The fraction of sp³-hybridized carbons (Fsp3) is 0.0667. The molecule has 1 N–H and O–H groups in total. The molecule has 0 saturated heterocycles. The van der Waals surface area contributed by atoms with Gasteiger partial charge in [0, 0.05) is 23.5 Å². The molecule has 0 saturated carbocycles. The Morgan fingerprint density at radius 1 is 1.30 bits per heavy atom. The number of rotatable bonds is 5. The van der Waals surface area contributed by atoms with Crippen molar-refractivity contribution in [2.45, 2.75) is 0 Å². The predicted octanol–water partition coefficient (Wildman–Crippen LogP) is 2.33. The van der Waals surface area contributed by atoms with Crippen LogP contribution in [-0.4, -0.2) is 32.0 Å². The van der Waals surface area contributed by atoms with Crippen LogP contribution in [0.4, 0.5) is 5.82 Å². The Morgan fingerprint density at radius 3 is 3.00 bits per heavy atom. The van der Waals surface area contributed by atoms with E-state index in [0.717, 1.165) is 0 Å². The fourth-order valence-corrected chi connectivity index (χ4v) is 2.02. The van der Waals surface area contributed by atoms with Gasteiger partial charge >= 0.3 is 0 Å². The number of ether oxygens (including phenoxy) is 1. The largest absolute Gasteiger partial charge is 0.484 e. The molecule has 0 spiro atoms. The lowest BCUT2D eigenvalue weighted by molar-refractivity contribution is -0.118. The standard InChI is InChI=1S/C15H12ClN5O2/c16-11-2-1-3-12(6-11)23-8-15(22)20-13-7-14(19-9-18-13)21-5-4-17-10-21/h1-7,9-10H,8H2,(H,18,19,20,22). The van der Waals surface area contributed by atoms with E-state index in [-0.39, 0.29) is 12.5 Å². The highest BCUT2D eigenvalue weighted by Gasteiger charge is 2.07. The second-order valence-corrected chi connectivity index (χ2v) is 4.96. The van der Waals surface area contributed by atoms with Crippen LogP contribution < -0.4 is 10.1 Å². The SMILES string of the molecule is O=C(COc1cccc(Cl)c1)Nc1cc(-n2ccnc2)ncn1. The Labute approximate surface area is 136 Å². The molecule has 8 heteroatoms. The average molecular weight is 330 g/mol. The van der Waals surface area contributed by atoms with E-state index in [4.69, 9.17) is 16.3 Å². The molecule has 0 bridgehead atoms. The van der Waals surface area contributed by atoms with Gasteiger partial charge in [0.1, 0.15) is 30.0 Å². The summed E-state index contributed by atoms with van der Waals surface area (Å²) in [5.41, 5.74) is 0. The van der Waals surface area contributed by atoms with Crippen LogP contribution in [0.2, 0.25) is 5.02 Å². The summed E-state index contributed by atoms with van der Waals surface area (Å²) in [6.07, 6.45) is 6.36. The second-order valence-electron chi connectivity index (χ2n) is 4.53. The summed E-state index contributed by atoms with van der Waals surface area (Å²) in [5.74, 6) is 1.17. The molecule has 7 nitrogen and oxygen atoms in total. The summed E-state index contributed by atoms with van der Waals surface area (Å²) in [7, 11) is 0. The highest BCUT2D eigenvalue weighted by Crippen LogP contribution is 2.17. The van der Waals surface area contributed by atoms with Crippen LogP contribution in [0.5, 0.6) is 5.75 Å². The molecule has 0 aliphatic rings. The molecular weight excluding hydrogens is 318 g/mol. The van der Waals surface area contributed by atoms with Gasteiger partial charge in [-0.25, -0.2) is 15.0 Å². The molecule has 2 heterocycles. The zero-order valence-corrected chi connectivity index (χ0v) is 12.6. The number of hydrogen-bond acceptors (Lipinski definition) is 5. The quantitative estimate of drug-likeness (QED) is 0.777. The third kappa shape index (κ3) is 4.04. The van der Waals surface area contributed by atoms with Crippen molar-refractivity contribution in [1.82, 2.24) is 19.5 Å². The third-order valence-electron chi connectivity index (χ3n) is 2.86. The molecule has 3 aromatic rings. The average Bonchev–Trinajstić information content (AvgIpc) is 3.08. The molecule has 1 amide bonds. The van der Waals surface area contributed by atoms with E-state index in [1.807, 2.05) is 0 Å². The highest BCUT2D eigenvalue weighted by molar-refractivity contribution is 6.30. The maximum Gasteiger partial charge on any atom is 0.263 e. The first-order chi connectivity index (χ1) is 11.2. The minimum Gasteiger partial charge on any atom is -0.484 e. The molecule has 0 atom stereocenters. The maximum absolute atomic E-state index is 11.9. The lowest BCUT2D eigenvalue weighted by Crippen LogP contribution is -2.21. The zero-order valence-electron chi connectivity index (χ0n) is 11.9. The normalized spacial score (nSPS) is 10.3. The molecule has 0 aliphatic heterocycles. The fourth-order valence-electron chi connectivity index (χ4n) is 1.84. The van der Waals surface area contributed by atoms with Crippen LogP contribution in [-0.2, 0) is 4.79 Å². The van der Waals surface area contributed by atoms with Gasteiger partial charge in [0.05, 0.1) is 0 Å². The van der Waals surface area contributed by atoms with Crippen LogP contribution in [0, 0.1) is 0 Å². The van der Waals surface area contributed by atoms with E-state index < -0.39 is 0 Å². The van der Waals surface area contributed by atoms with Crippen molar-refractivity contribution in [3.05, 3.63) is 60.4 Å². The van der Waals surface area contributed by atoms with Gasteiger partial charge < -0.3 is 10.1 Å². The number of benzene rings is 1. The first-order valence-electron chi connectivity index (χ1n) is 6.69. The third-order valence-corrected chi connectivity index (χ3v) is 3.09. The number of carbonyl (C=O) groups excluding carboxylic acids is 1. The van der Waals surface area contributed by atoms with Crippen molar-refractivity contribution in [2.24, 2.45) is 0 Å². The zero-order chi connectivity index (χ0) is 16.1. The van der Waals surface area contributed by atoms with Gasteiger partial charge in [-0.3, -0.25) is 9.36 Å². The summed E-state index contributed by atoms with van der Waals surface area (Å²) in [6.45, 7) is -0.148. The van der Waals surface area contributed by atoms with Crippen molar-refractivity contribution in [3.63, 3.8) is 0 Å². The molecule has 1 aromatic carbocycles. The number of hydrogen-bond donors (Lipinski definition) is 1. The Morgan fingerprint density at radius 2 is 2.22 bits per heavy atom. The number of aromatic nitrogens is 4. The lowest BCUT2D eigenvalue weighted by Gasteiger charge is -2.08. The van der Waals surface area contributed by atoms with Crippen molar-refractivity contribution in [2.75, 3.05) is 11.9 Å². The van der Waals surface area contributed by atoms with Gasteiger partial charge in [-0.2, -0.15) is 0 Å². The number of imidazole rings is 1. The van der Waals surface area contributed by atoms with Crippen LogP contribution in [0.1, 0.15) is 0 Å². The Balaban J connectivity index is 1.61. The Kier molecular flexibility index (Phi) is 4.49. The van der Waals surface area contributed by atoms with Gasteiger partial charge in [-0.15, -0.1) is 0 Å². The smallest absolute Gasteiger partial charge is 0.263 e. The van der Waals surface area contributed by atoms with E-state index >= 15 is 0 Å². The number of halogens is 1. The molecule has 23 heavy (non-hydrogen) atoms. The molecule has 0 aliphatic carbocycles. The molecule has 3 rings (SSSR count). The monoisotopic (exact) mass is 329 g/mol. The van der Waals surface area contributed by atoms with Crippen molar-refractivity contribution in [3.8, 4) is 11.6 Å². The van der Waals surface area contributed by atoms with Crippen LogP contribution in [0.25, 0.3) is 5.82 Å². The van der Waals surface area contributed by atoms with Crippen LogP contribution in [0.15, 0.2) is 55.4 Å². The Bertz CT molecular complexity index is 807. The molecular formula is C15H12ClN5O2. The van der Waals surface area contributed by atoms with Gasteiger partial charge in [0.15, 0.2) is 6.61 Å². The minimum absolute atomic E-state index is 0.148. The minimum atomic E-state index is -0.333. The van der Waals surface area contributed by atoms with Crippen molar-refractivity contribution < 1.29 is 9.53 Å². The molecule has 116 valence electrons. The number of amides is 1. The predicted molar refractivity (Wildman–Crippen MR) is 84.7 cm³/mol. The molecule has 0 unspecified atom stereocenters. The van der Waals surface area contributed by atoms with E-state index in [1.54, 1.807) is 53.6 Å². The summed E-state index contributed by atoms with van der Waals surface area (Å²) < 4.78 is 7.08. The first-order valence-corrected chi connectivity index (χ1v) is 7.07. The topological polar surface area (TPSA) is 81.9 Å². The van der Waals surface area contributed by atoms with E-state index in [0.29, 0.717) is 22.4 Å². The highest BCUT2D eigenvalue weighted by atomic mass is 35.5. The molecule has 0 radical (unpaired) electrons.